The maximum atomic E-state index is 12.5. The van der Waals surface area contributed by atoms with Crippen molar-refractivity contribution in [1.82, 2.24) is 4.98 Å². The number of aromatic amines is 1. The fraction of sp³-hybridized carbons (Fsp3) is 0.444. The molecule has 5 nitrogen and oxygen atoms in total. The number of esters is 1. The molecule has 24 heavy (non-hydrogen) atoms. The van der Waals surface area contributed by atoms with Crippen LogP contribution in [0.15, 0.2) is 23.0 Å². The number of carbonyl (C=O) groups excluding carboxylic acids is 1. The van der Waals surface area contributed by atoms with E-state index in [1.807, 2.05) is 0 Å². The van der Waals surface area contributed by atoms with E-state index in [1.165, 1.54) is 6.42 Å². The quantitative estimate of drug-likeness (QED) is 0.816. The lowest BCUT2D eigenvalue weighted by atomic mass is 9.94. The van der Waals surface area contributed by atoms with Crippen molar-refractivity contribution in [2.75, 3.05) is 11.9 Å². The van der Waals surface area contributed by atoms with Crippen LogP contribution in [0.25, 0.3) is 10.9 Å². The van der Waals surface area contributed by atoms with E-state index in [2.05, 4.69) is 10.3 Å². The van der Waals surface area contributed by atoms with Gasteiger partial charge in [-0.3, -0.25) is 4.79 Å². The van der Waals surface area contributed by atoms with Gasteiger partial charge in [0.1, 0.15) is 5.56 Å². The average molecular weight is 349 g/mol. The van der Waals surface area contributed by atoms with Gasteiger partial charge in [0.25, 0.3) is 5.56 Å². The molecule has 0 spiro atoms. The number of anilines is 1. The fourth-order valence-electron chi connectivity index (χ4n) is 3.26. The van der Waals surface area contributed by atoms with E-state index >= 15 is 0 Å². The highest BCUT2D eigenvalue weighted by Gasteiger charge is 2.23. The van der Waals surface area contributed by atoms with Crippen LogP contribution >= 0.6 is 11.6 Å². The van der Waals surface area contributed by atoms with Crippen molar-refractivity contribution in [3.63, 3.8) is 0 Å². The van der Waals surface area contributed by atoms with Crippen molar-refractivity contribution < 1.29 is 9.53 Å². The second-order valence-electron chi connectivity index (χ2n) is 6.09. The lowest BCUT2D eigenvalue weighted by molar-refractivity contribution is 0.0525. The Balaban J connectivity index is 2.15. The summed E-state index contributed by atoms with van der Waals surface area (Å²) in [6.45, 7) is 1.94. The predicted molar refractivity (Wildman–Crippen MR) is 96.0 cm³/mol. The van der Waals surface area contributed by atoms with Gasteiger partial charge in [0.2, 0.25) is 0 Å². The van der Waals surface area contributed by atoms with Crippen molar-refractivity contribution in [3.8, 4) is 0 Å². The second-order valence-corrected chi connectivity index (χ2v) is 6.53. The van der Waals surface area contributed by atoms with Crippen LogP contribution in [0.4, 0.5) is 5.69 Å². The van der Waals surface area contributed by atoms with E-state index in [0.717, 1.165) is 31.1 Å². The molecule has 1 heterocycles. The molecule has 0 bridgehead atoms. The minimum absolute atomic E-state index is 0.0252. The van der Waals surface area contributed by atoms with Gasteiger partial charge in [0.15, 0.2) is 0 Å². The van der Waals surface area contributed by atoms with Crippen molar-refractivity contribution in [2.45, 2.75) is 45.1 Å². The topological polar surface area (TPSA) is 71.2 Å². The summed E-state index contributed by atoms with van der Waals surface area (Å²) in [6.07, 6.45) is 5.57. The molecular weight excluding hydrogens is 328 g/mol. The first-order valence-corrected chi connectivity index (χ1v) is 8.77. The fourth-order valence-corrected chi connectivity index (χ4v) is 3.44. The number of hydrogen-bond acceptors (Lipinski definition) is 4. The Morgan fingerprint density at radius 3 is 2.79 bits per heavy atom. The Labute approximate surface area is 145 Å². The van der Waals surface area contributed by atoms with Crippen LogP contribution in [0.5, 0.6) is 0 Å². The molecular formula is C18H21ClN2O3. The maximum absolute atomic E-state index is 12.5. The maximum Gasteiger partial charge on any atom is 0.345 e. The van der Waals surface area contributed by atoms with Crippen LogP contribution in [0, 0.1) is 0 Å². The summed E-state index contributed by atoms with van der Waals surface area (Å²) in [6, 6.07) is 5.48. The molecule has 1 aromatic heterocycles. The predicted octanol–water partition coefficient (Wildman–Crippen LogP) is 4.10. The summed E-state index contributed by atoms with van der Waals surface area (Å²) in [5, 5.41) is 4.70. The van der Waals surface area contributed by atoms with Gasteiger partial charge in [-0.25, -0.2) is 4.79 Å². The van der Waals surface area contributed by atoms with E-state index in [-0.39, 0.29) is 18.2 Å². The minimum Gasteiger partial charge on any atom is -0.462 e. The monoisotopic (exact) mass is 348 g/mol. The molecule has 6 heteroatoms. The van der Waals surface area contributed by atoms with Gasteiger partial charge < -0.3 is 15.0 Å². The number of benzene rings is 1. The zero-order valence-corrected chi connectivity index (χ0v) is 14.4. The molecule has 0 amide bonds. The van der Waals surface area contributed by atoms with Crippen LogP contribution in [0.3, 0.4) is 0 Å². The van der Waals surface area contributed by atoms with Crippen molar-refractivity contribution in [1.29, 1.82) is 0 Å². The van der Waals surface area contributed by atoms with Crippen LogP contribution in [-0.4, -0.2) is 23.6 Å². The van der Waals surface area contributed by atoms with Crippen LogP contribution in [0.1, 0.15) is 49.4 Å². The number of fused-ring (bicyclic) bond motifs is 1. The molecule has 1 saturated carbocycles. The molecule has 0 aliphatic heterocycles. The first kappa shape index (κ1) is 16.8. The molecule has 3 rings (SSSR count). The summed E-state index contributed by atoms with van der Waals surface area (Å²) >= 11 is 6.13. The molecule has 0 radical (unpaired) electrons. The summed E-state index contributed by atoms with van der Waals surface area (Å²) in [5.41, 5.74) is 0.760. The van der Waals surface area contributed by atoms with Gasteiger partial charge >= 0.3 is 5.97 Å². The van der Waals surface area contributed by atoms with Crippen LogP contribution in [0.2, 0.25) is 5.02 Å². The number of hydrogen-bond donors (Lipinski definition) is 2. The number of H-pyrrole nitrogens is 1. The van der Waals surface area contributed by atoms with E-state index in [9.17, 15) is 9.59 Å². The van der Waals surface area contributed by atoms with Gasteiger partial charge in [0.05, 0.1) is 17.8 Å². The number of halogens is 1. The Morgan fingerprint density at radius 2 is 2.08 bits per heavy atom. The van der Waals surface area contributed by atoms with E-state index < -0.39 is 11.5 Å². The molecule has 0 saturated heterocycles. The van der Waals surface area contributed by atoms with Crippen molar-refractivity contribution in [3.05, 3.63) is 39.1 Å². The molecule has 1 aliphatic rings. The summed E-state index contributed by atoms with van der Waals surface area (Å²) < 4.78 is 5.09. The summed E-state index contributed by atoms with van der Waals surface area (Å²) in [7, 11) is 0. The van der Waals surface area contributed by atoms with E-state index in [0.29, 0.717) is 16.2 Å². The third-order valence-corrected chi connectivity index (χ3v) is 4.64. The van der Waals surface area contributed by atoms with Gasteiger partial charge in [-0.1, -0.05) is 30.9 Å². The number of pyridine rings is 1. The third kappa shape index (κ3) is 3.41. The lowest BCUT2D eigenvalue weighted by Gasteiger charge is -2.25. The smallest absolute Gasteiger partial charge is 0.345 e. The zero-order valence-electron chi connectivity index (χ0n) is 13.7. The molecule has 2 aromatic rings. The molecule has 2 N–H and O–H groups in total. The van der Waals surface area contributed by atoms with Crippen LogP contribution in [-0.2, 0) is 4.74 Å². The van der Waals surface area contributed by atoms with E-state index in [4.69, 9.17) is 16.3 Å². The average Bonchev–Trinajstić information content (AvgIpc) is 2.56. The minimum atomic E-state index is -0.612. The van der Waals surface area contributed by atoms with Gasteiger partial charge in [-0.2, -0.15) is 0 Å². The highest BCUT2D eigenvalue weighted by molar-refractivity contribution is 6.31. The molecule has 1 fully saturated rings. The van der Waals surface area contributed by atoms with Crippen molar-refractivity contribution in [2.24, 2.45) is 0 Å². The second kappa shape index (κ2) is 7.26. The Morgan fingerprint density at radius 1 is 1.33 bits per heavy atom. The first-order chi connectivity index (χ1) is 11.6. The molecule has 0 unspecified atom stereocenters. The SMILES string of the molecule is CCOC(=O)c1c(NC2CCCCC2)c2cc(Cl)ccc2[nH]c1=O. The summed E-state index contributed by atoms with van der Waals surface area (Å²) in [4.78, 5) is 27.6. The molecule has 128 valence electrons. The largest absolute Gasteiger partial charge is 0.462 e. The molecule has 1 aliphatic carbocycles. The lowest BCUT2D eigenvalue weighted by Crippen LogP contribution is -2.28. The Bertz CT molecular complexity index is 810. The number of carbonyl (C=O) groups is 1. The number of aromatic nitrogens is 1. The number of ether oxygens (including phenoxy) is 1. The number of nitrogens with one attached hydrogen (secondary N) is 2. The molecule has 0 atom stereocenters. The van der Waals surface area contributed by atoms with Gasteiger partial charge in [-0.05, 0) is 38.0 Å². The summed E-state index contributed by atoms with van der Waals surface area (Å²) in [5.74, 6) is -0.612. The van der Waals surface area contributed by atoms with E-state index in [1.54, 1.807) is 25.1 Å². The van der Waals surface area contributed by atoms with Crippen molar-refractivity contribution >= 4 is 34.2 Å². The third-order valence-electron chi connectivity index (χ3n) is 4.41. The van der Waals surface area contributed by atoms with Gasteiger partial charge in [-0.15, -0.1) is 0 Å². The molecule has 1 aromatic carbocycles. The highest BCUT2D eigenvalue weighted by atomic mass is 35.5. The zero-order chi connectivity index (χ0) is 17.1. The highest BCUT2D eigenvalue weighted by Crippen LogP contribution is 2.30. The standard InChI is InChI=1S/C18H21ClN2O3/c1-2-24-18(23)15-16(20-12-6-4-3-5-7-12)13-10-11(19)8-9-14(13)21-17(15)22/h8-10,12H,2-7H2,1H3,(H2,20,21,22). The Hall–Kier alpha value is -2.01. The Kier molecular flexibility index (Phi) is 5.09. The first-order valence-electron chi connectivity index (χ1n) is 8.39. The number of rotatable bonds is 4. The normalized spacial score (nSPS) is 15.4. The van der Waals surface area contributed by atoms with Gasteiger partial charge in [0, 0.05) is 16.5 Å². The van der Waals surface area contributed by atoms with Crippen LogP contribution < -0.4 is 10.9 Å².